The van der Waals surface area contributed by atoms with Crippen LogP contribution in [-0.2, 0) is 0 Å². The smallest absolute Gasteiger partial charge is 0.0548 e. The maximum absolute atomic E-state index is 6.28. The molecule has 1 aromatic rings. The summed E-state index contributed by atoms with van der Waals surface area (Å²) in [6.45, 7) is 7.62. The predicted octanol–water partition coefficient (Wildman–Crippen LogP) is 2.70. The summed E-state index contributed by atoms with van der Waals surface area (Å²) in [5.41, 5.74) is 10.4. The summed E-state index contributed by atoms with van der Waals surface area (Å²) in [6, 6.07) is 7.51. The number of nitrogens with two attached hydrogens (primary N) is 1. The lowest BCUT2D eigenvalue weighted by Crippen LogP contribution is -2.60. The van der Waals surface area contributed by atoms with E-state index in [4.69, 9.17) is 5.73 Å². The minimum absolute atomic E-state index is 0.130. The van der Waals surface area contributed by atoms with E-state index in [1.165, 1.54) is 55.6 Å². The molecule has 2 heterocycles. The third-order valence-electron chi connectivity index (χ3n) is 5.78. The number of aryl methyl sites for hydroxylation is 2. The Hall–Kier alpha value is -1.06. The Balaban J connectivity index is 1.88. The van der Waals surface area contributed by atoms with E-state index in [0.717, 1.165) is 12.6 Å². The summed E-state index contributed by atoms with van der Waals surface area (Å²) in [7, 11) is 2.25. The van der Waals surface area contributed by atoms with Crippen molar-refractivity contribution in [3.8, 4) is 0 Å². The van der Waals surface area contributed by atoms with Crippen molar-refractivity contribution in [1.82, 2.24) is 4.90 Å². The predicted molar refractivity (Wildman–Crippen MR) is 89.9 cm³/mol. The monoisotopic (exact) mass is 287 g/mol. The molecule has 0 amide bonds. The van der Waals surface area contributed by atoms with Gasteiger partial charge in [0, 0.05) is 31.9 Å². The third-order valence-corrected chi connectivity index (χ3v) is 5.78. The van der Waals surface area contributed by atoms with Crippen LogP contribution in [0, 0.1) is 13.8 Å². The molecule has 0 spiro atoms. The van der Waals surface area contributed by atoms with Crippen molar-refractivity contribution >= 4 is 5.69 Å². The highest BCUT2D eigenvalue weighted by Crippen LogP contribution is 2.38. The molecule has 21 heavy (non-hydrogen) atoms. The fourth-order valence-corrected chi connectivity index (χ4v) is 4.38. The molecule has 116 valence electrons. The molecule has 2 N–H and O–H groups in total. The third kappa shape index (κ3) is 2.58. The normalized spacial score (nSPS) is 29.4. The van der Waals surface area contributed by atoms with E-state index in [-0.39, 0.29) is 5.54 Å². The van der Waals surface area contributed by atoms with E-state index in [2.05, 4.69) is 48.9 Å². The van der Waals surface area contributed by atoms with Crippen LogP contribution in [0.4, 0.5) is 5.69 Å². The van der Waals surface area contributed by atoms with Crippen LogP contribution < -0.4 is 10.6 Å². The van der Waals surface area contributed by atoms with Crippen LogP contribution in [0.15, 0.2) is 18.2 Å². The summed E-state index contributed by atoms with van der Waals surface area (Å²) in [4.78, 5) is 5.15. The van der Waals surface area contributed by atoms with Crippen molar-refractivity contribution in [3.05, 3.63) is 29.3 Å². The van der Waals surface area contributed by atoms with Crippen molar-refractivity contribution in [2.24, 2.45) is 5.73 Å². The van der Waals surface area contributed by atoms with Gasteiger partial charge in [-0.15, -0.1) is 0 Å². The molecular formula is C18H29N3. The fourth-order valence-electron chi connectivity index (χ4n) is 4.38. The van der Waals surface area contributed by atoms with Crippen molar-refractivity contribution in [1.29, 1.82) is 0 Å². The van der Waals surface area contributed by atoms with E-state index >= 15 is 0 Å². The second-order valence-corrected chi connectivity index (χ2v) is 7.06. The number of likely N-dealkylation sites (N-methyl/N-ethyl adjacent to an activating group) is 1. The standard InChI is InChI=1S/C18H29N3/c1-14-6-7-17(15(2)11-14)20(3)18(13-19)8-10-21-9-4-5-16(21)12-18/h6-7,11,16H,4-5,8-10,12-13,19H2,1-3H3. The average molecular weight is 287 g/mol. The quantitative estimate of drug-likeness (QED) is 0.928. The first kappa shape index (κ1) is 14.9. The lowest BCUT2D eigenvalue weighted by atomic mass is 9.81. The second-order valence-electron chi connectivity index (χ2n) is 7.06. The number of rotatable bonds is 3. The Morgan fingerprint density at radius 1 is 1.33 bits per heavy atom. The highest BCUT2D eigenvalue weighted by Gasteiger charge is 2.43. The molecule has 3 heteroatoms. The van der Waals surface area contributed by atoms with E-state index in [9.17, 15) is 0 Å². The summed E-state index contributed by atoms with van der Waals surface area (Å²) in [5.74, 6) is 0. The first-order chi connectivity index (χ1) is 10.1. The lowest BCUT2D eigenvalue weighted by Gasteiger charge is -2.50. The maximum atomic E-state index is 6.28. The van der Waals surface area contributed by atoms with Gasteiger partial charge in [-0.1, -0.05) is 17.7 Å². The summed E-state index contributed by atoms with van der Waals surface area (Å²) in [5, 5.41) is 0. The molecule has 0 aliphatic carbocycles. The molecule has 2 aliphatic heterocycles. The molecule has 0 aromatic heterocycles. The highest BCUT2D eigenvalue weighted by atomic mass is 15.3. The van der Waals surface area contributed by atoms with Gasteiger partial charge in [0.2, 0.25) is 0 Å². The van der Waals surface area contributed by atoms with Crippen LogP contribution in [0.1, 0.15) is 36.8 Å². The number of fused-ring (bicyclic) bond motifs is 1. The Kier molecular flexibility index (Phi) is 3.98. The number of benzene rings is 1. The van der Waals surface area contributed by atoms with Crippen LogP contribution >= 0.6 is 0 Å². The number of piperidine rings is 1. The maximum Gasteiger partial charge on any atom is 0.0548 e. The molecule has 1 aromatic carbocycles. The van der Waals surface area contributed by atoms with E-state index in [1.807, 2.05) is 0 Å². The van der Waals surface area contributed by atoms with Gasteiger partial charge in [0.25, 0.3) is 0 Å². The van der Waals surface area contributed by atoms with Crippen LogP contribution in [0.5, 0.6) is 0 Å². The summed E-state index contributed by atoms with van der Waals surface area (Å²) < 4.78 is 0. The van der Waals surface area contributed by atoms with E-state index in [1.54, 1.807) is 0 Å². The Morgan fingerprint density at radius 3 is 2.86 bits per heavy atom. The van der Waals surface area contributed by atoms with Gasteiger partial charge in [-0.05, 0) is 57.7 Å². The van der Waals surface area contributed by atoms with Crippen molar-refractivity contribution in [2.45, 2.75) is 51.1 Å². The lowest BCUT2D eigenvalue weighted by molar-refractivity contribution is 0.131. The van der Waals surface area contributed by atoms with Gasteiger partial charge in [0.05, 0.1) is 5.54 Å². The molecule has 0 bridgehead atoms. The summed E-state index contributed by atoms with van der Waals surface area (Å²) >= 11 is 0. The minimum Gasteiger partial charge on any atom is -0.367 e. The van der Waals surface area contributed by atoms with Gasteiger partial charge in [-0.3, -0.25) is 0 Å². The molecule has 2 unspecified atom stereocenters. The molecule has 0 saturated carbocycles. The average Bonchev–Trinajstić information content (AvgIpc) is 2.93. The van der Waals surface area contributed by atoms with Crippen LogP contribution in [0.2, 0.25) is 0 Å². The zero-order valence-corrected chi connectivity index (χ0v) is 13.7. The highest BCUT2D eigenvalue weighted by molar-refractivity contribution is 5.56. The molecule has 2 atom stereocenters. The van der Waals surface area contributed by atoms with Gasteiger partial charge < -0.3 is 15.5 Å². The Bertz CT molecular complexity index is 513. The second kappa shape index (κ2) is 5.62. The number of anilines is 1. The van der Waals surface area contributed by atoms with E-state index in [0.29, 0.717) is 0 Å². The molecule has 3 rings (SSSR count). The van der Waals surface area contributed by atoms with Gasteiger partial charge in [-0.2, -0.15) is 0 Å². The number of hydrogen-bond donors (Lipinski definition) is 1. The Morgan fingerprint density at radius 2 is 2.14 bits per heavy atom. The molecule has 2 aliphatic rings. The SMILES string of the molecule is Cc1ccc(N(C)C2(CN)CCN3CCCC3C2)c(C)c1. The molecule has 2 fully saturated rings. The first-order valence-electron chi connectivity index (χ1n) is 8.31. The topological polar surface area (TPSA) is 32.5 Å². The zero-order valence-electron chi connectivity index (χ0n) is 13.7. The van der Waals surface area contributed by atoms with Gasteiger partial charge >= 0.3 is 0 Å². The molecule has 2 saturated heterocycles. The largest absolute Gasteiger partial charge is 0.367 e. The molecule has 3 nitrogen and oxygen atoms in total. The zero-order chi connectivity index (χ0) is 15.0. The van der Waals surface area contributed by atoms with Gasteiger partial charge in [0.1, 0.15) is 0 Å². The van der Waals surface area contributed by atoms with Crippen molar-refractivity contribution in [3.63, 3.8) is 0 Å². The summed E-state index contributed by atoms with van der Waals surface area (Å²) in [6.07, 6.45) is 5.11. The first-order valence-corrected chi connectivity index (χ1v) is 8.31. The van der Waals surface area contributed by atoms with Crippen LogP contribution in [-0.4, -0.2) is 43.2 Å². The minimum atomic E-state index is 0.130. The van der Waals surface area contributed by atoms with Gasteiger partial charge in [0.15, 0.2) is 0 Å². The van der Waals surface area contributed by atoms with Crippen LogP contribution in [0.25, 0.3) is 0 Å². The Labute approximate surface area is 129 Å². The molecule has 0 radical (unpaired) electrons. The fraction of sp³-hybridized carbons (Fsp3) is 0.667. The van der Waals surface area contributed by atoms with Gasteiger partial charge in [-0.25, -0.2) is 0 Å². The number of hydrogen-bond acceptors (Lipinski definition) is 3. The van der Waals surface area contributed by atoms with Crippen molar-refractivity contribution in [2.75, 3.05) is 31.6 Å². The van der Waals surface area contributed by atoms with Crippen molar-refractivity contribution < 1.29 is 0 Å². The van der Waals surface area contributed by atoms with E-state index < -0.39 is 0 Å². The number of nitrogens with zero attached hydrogens (tertiary/aromatic N) is 2. The molecular weight excluding hydrogens is 258 g/mol. The van der Waals surface area contributed by atoms with Crippen LogP contribution in [0.3, 0.4) is 0 Å².